The molecule has 9 atom stereocenters. The Morgan fingerprint density at radius 2 is 1.77 bits per heavy atom. The van der Waals surface area contributed by atoms with Crippen LogP contribution in [0.15, 0.2) is 0 Å². The Kier molecular flexibility index (Phi) is 5.42. The van der Waals surface area contributed by atoms with E-state index >= 15 is 0 Å². The van der Waals surface area contributed by atoms with E-state index in [0.717, 1.165) is 0 Å². The fourth-order valence-electron chi connectivity index (χ4n) is 3.19. The number of nitrogens with one attached hydrogen (secondary N) is 1. The molecular formula is C13H27N3O6. The SMILES string of the molecule is CNC1C(O)C(OC2C(N)CC(N)C(O)C2O)OCC1(C)O. The molecule has 0 amide bonds. The van der Waals surface area contributed by atoms with E-state index < -0.39 is 54.4 Å². The second kappa shape index (κ2) is 6.63. The summed E-state index contributed by atoms with van der Waals surface area (Å²) in [6.07, 6.45) is -5.32. The molecule has 0 aromatic carbocycles. The average molecular weight is 321 g/mol. The molecule has 0 radical (unpaired) electrons. The van der Waals surface area contributed by atoms with Gasteiger partial charge in [-0.25, -0.2) is 0 Å². The number of nitrogens with two attached hydrogens (primary N) is 2. The molecule has 2 fully saturated rings. The first-order valence-corrected chi connectivity index (χ1v) is 7.41. The van der Waals surface area contributed by atoms with Gasteiger partial charge in [0.15, 0.2) is 6.29 Å². The molecule has 9 heteroatoms. The highest BCUT2D eigenvalue weighted by Crippen LogP contribution is 2.28. The molecule has 0 aromatic heterocycles. The molecule has 9 nitrogen and oxygen atoms in total. The third-order valence-electron chi connectivity index (χ3n) is 4.52. The fourth-order valence-corrected chi connectivity index (χ4v) is 3.19. The van der Waals surface area contributed by atoms with E-state index in [2.05, 4.69) is 5.32 Å². The van der Waals surface area contributed by atoms with Gasteiger partial charge in [-0.2, -0.15) is 0 Å². The van der Waals surface area contributed by atoms with Crippen LogP contribution in [-0.4, -0.2) is 88.5 Å². The normalized spacial score (nSPS) is 53.5. The molecule has 130 valence electrons. The molecule has 1 saturated carbocycles. The Hall–Kier alpha value is -0.360. The predicted molar refractivity (Wildman–Crippen MR) is 76.7 cm³/mol. The van der Waals surface area contributed by atoms with Crippen LogP contribution in [0.2, 0.25) is 0 Å². The van der Waals surface area contributed by atoms with Gasteiger partial charge in [-0.3, -0.25) is 0 Å². The Labute approximate surface area is 129 Å². The molecule has 9 unspecified atom stereocenters. The lowest BCUT2D eigenvalue weighted by Gasteiger charge is -2.47. The lowest BCUT2D eigenvalue weighted by Crippen LogP contribution is -2.68. The fraction of sp³-hybridized carbons (Fsp3) is 1.00. The largest absolute Gasteiger partial charge is 0.389 e. The molecule has 0 spiro atoms. The van der Waals surface area contributed by atoms with Crippen molar-refractivity contribution in [2.75, 3.05) is 13.7 Å². The van der Waals surface area contributed by atoms with Crippen LogP contribution in [0.25, 0.3) is 0 Å². The topological polar surface area (TPSA) is 163 Å². The number of aliphatic hydroxyl groups excluding tert-OH is 3. The Morgan fingerprint density at radius 1 is 1.14 bits per heavy atom. The summed E-state index contributed by atoms with van der Waals surface area (Å²) in [4.78, 5) is 0. The minimum absolute atomic E-state index is 0.0552. The molecule has 1 heterocycles. The molecular weight excluding hydrogens is 294 g/mol. The third-order valence-corrected chi connectivity index (χ3v) is 4.52. The molecule has 0 aromatic rings. The Bertz CT molecular complexity index is 385. The van der Waals surface area contributed by atoms with Crippen molar-refractivity contribution in [3.05, 3.63) is 0 Å². The number of likely N-dealkylation sites (N-methyl/N-ethyl adjacent to an activating group) is 1. The van der Waals surface area contributed by atoms with Crippen LogP contribution in [-0.2, 0) is 9.47 Å². The van der Waals surface area contributed by atoms with Crippen molar-refractivity contribution in [3.63, 3.8) is 0 Å². The van der Waals surface area contributed by atoms with Gasteiger partial charge in [-0.15, -0.1) is 0 Å². The maximum absolute atomic E-state index is 10.3. The summed E-state index contributed by atoms with van der Waals surface area (Å²) in [5, 5.41) is 43.2. The summed E-state index contributed by atoms with van der Waals surface area (Å²) in [6.45, 7) is 1.48. The van der Waals surface area contributed by atoms with E-state index in [-0.39, 0.29) is 13.0 Å². The van der Waals surface area contributed by atoms with E-state index in [4.69, 9.17) is 20.9 Å². The van der Waals surface area contributed by atoms with Gasteiger partial charge in [0, 0.05) is 12.1 Å². The van der Waals surface area contributed by atoms with Crippen LogP contribution in [0.4, 0.5) is 0 Å². The maximum atomic E-state index is 10.3. The van der Waals surface area contributed by atoms with E-state index in [1.807, 2.05) is 0 Å². The lowest BCUT2D eigenvalue weighted by molar-refractivity contribution is -0.296. The number of rotatable bonds is 3. The maximum Gasteiger partial charge on any atom is 0.185 e. The zero-order valence-electron chi connectivity index (χ0n) is 12.8. The summed E-state index contributed by atoms with van der Waals surface area (Å²) < 4.78 is 11.0. The van der Waals surface area contributed by atoms with E-state index in [0.29, 0.717) is 0 Å². The van der Waals surface area contributed by atoms with Crippen LogP contribution < -0.4 is 16.8 Å². The minimum Gasteiger partial charge on any atom is -0.389 e. The zero-order chi connectivity index (χ0) is 16.7. The highest BCUT2D eigenvalue weighted by molar-refractivity contribution is 5.00. The van der Waals surface area contributed by atoms with Gasteiger partial charge in [0.25, 0.3) is 0 Å². The third kappa shape index (κ3) is 3.28. The van der Waals surface area contributed by atoms with Crippen molar-refractivity contribution in [2.45, 2.75) is 67.8 Å². The molecule has 1 aliphatic heterocycles. The van der Waals surface area contributed by atoms with Crippen molar-refractivity contribution >= 4 is 0 Å². The van der Waals surface area contributed by atoms with Crippen molar-refractivity contribution in [3.8, 4) is 0 Å². The van der Waals surface area contributed by atoms with Crippen LogP contribution in [0, 0.1) is 0 Å². The summed E-state index contributed by atoms with van der Waals surface area (Å²) >= 11 is 0. The van der Waals surface area contributed by atoms with Gasteiger partial charge in [0.1, 0.15) is 23.9 Å². The summed E-state index contributed by atoms with van der Waals surface area (Å²) in [6, 6.07) is -1.90. The first kappa shape index (κ1) is 18.0. The van der Waals surface area contributed by atoms with Gasteiger partial charge >= 0.3 is 0 Å². The standard InChI is InChI=1S/C13H27N3O6/c1-13(20)4-21-12(9(19)11(13)16-2)22-10-6(15)3-5(14)7(17)8(10)18/h5-12,16-20H,3-4,14-15H2,1-2H3. The van der Waals surface area contributed by atoms with Crippen molar-refractivity contribution in [1.82, 2.24) is 5.32 Å². The van der Waals surface area contributed by atoms with Gasteiger partial charge in [0.05, 0.1) is 18.8 Å². The first-order chi connectivity index (χ1) is 10.2. The summed E-state index contributed by atoms with van der Waals surface area (Å²) in [5.41, 5.74) is 10.4. The molecule has 2 aliphatic rings. The minimum atomic E-state index is -1.27. The number of hydrogen-bond donors (Lipinski definition) is 7. The quantitative estimate of drug-likeness (QED) is 0.276. The summed E-state index contributed by atoms with van der Waals surface area (Å²) in [7, 11) is 1.61. The lowest BCUT2D eigenvalue weighted by atomic mass is 9.84. The molecule has 1 saturated heterocycles. The zero-order valence-corrected chi connectivity index (χ0v) is 12.8. The molecule has 9 N–H and O–H groups in total. The van der Waals surface area contributed by atoms with E-state index in [1.165, 1.54) is 6.92 Å². The smallest absolute Gasteiger partial charge is 0.185 e. The van der Waals surface area contributed by atoms with Crippen LogP contribution in [0.1, 0.15) is 13.3 Å². The molecule has 2 rings (SSSR count). The van der Waals surface area contributed by atoms with Crippen molar-refractivity contribution in [2.24, 2.45) is 11.5 Å². The molecule has 1 aliphatic carbocycles. The Morgan fingerprint density at radius 3 is 2.36 bits per heavy atom. The van der Waals surface area contributed by atoms with Crippen LogP contribution in [0.5, 0.6) is 0 Å². The predicted octanol–water partition coefficient (Wildman–Crippen LogP) is -3.79. The van der Waals surface area contributed by atoms with Gasteiger partial charge < -0.3 is 46.7 Å². The van der Waals surface area contributed by atoms with Crippen molar-refractivity contribution < 1.29 is 29.9 Å². The highest BCUT2D eigenvalue weighted by Gasteiger charge is 2.49. The van der Waals surface area contributed by atoms with Crippen LogP contribution in [0.3, 0.4) is 0 Å². The average Bonchev–Trinajstić information content (AvgIpc) is 2.43. The van der Waals surface area contributed by atoms with E-state index in [9.17, 15) is 20.4 Å². The van der Waals surface area contributed by atoms with Crippen LogP contribution >= 0.6 is 0 Å². The van der Waals surface area contributed by atoms with Gasteiger partial charge in [-0.05, 0) is 20.4 Å². The first-order valence-electron chi connectivity index (χ1n) is 7.41. The second-order valence-electron chi connectivity index (χ2n) is 6.44. The van der Waals surface area contributed by atoms with Crippen molar-refractivity contribution in [1.29, 1.82) is 0 Å². The Balaban J connectivity index is 2.07. The summed E-state index contributed by atoms with van der Waals surface area (Å²) in [5.74, 6) is 0. The molecule has 22 heavy (non-hydrogen) atoms. The second-order valence-corrected chi connectivity index (χ2v) is 6.44. The van der Waals surface area contributed by atoms with E-state index in [1.54, 1.807) is 7.05 Å². The van der Waals surface area contributed by atoms with Gasteiger partial charge in [-0.1, -0.05) is 0 Å². The number of ether oxygens (including phenoxy) is 2. The number of aliphatic hydroxyl groups is 4. The van der Waals surface area contributed by atoms with Gasteiger partial charge in [0.2, 0.25) is 0 Å². The molecule has 0 bridgehead atoms. The number of hydrogen-bond acceptors (Lipinski definition) is 9. The highest BCUT2D eigenvalue weighted by atomic mass is 16.7. The monoisotopic (exact) mass is 321 g/mol.